The van der Waals surface area contributed by atoms with Crippen molar-refractivity contribution < 1.29 is 14.6 Å². The summed E-state index contributed by atoms with van der Waals surface area (Å²) in [7, 11) is 0. The van der Waals surface area contributed by atoms with Gasteiger partial charge in [0.2, 0.25) is 0 Å². The highest BCUT2D eigenvalue weighted by atomic mass is 16.5. The Morgan fingerprint density at radius 2 is 2.17 bits per heavy atom. The molecule has 2 aliphatic rings. The van der Waals surface area contributed by atoms with Crippen molar-refractivity contribution in [3.8, 4) is 0 Å². The molecule has 0 radical (unpaired) electrons. The Morgan fingerprint density at radius 1 is 1.43 bits per heavy atom. The fraction of sp³-hybridized carbons (Fsp3) is 0.550. The second kappa shape index (κ2) is 7.78. The predicted molar refractivity (Wildman–Crippen MR) is 92.8 cm³/mol. The second-order valence-corrected chi connectivity index (χ2v) is 6.96. The number of allylic oxidation sites excluding steroid dienone is 4. The highest BCUT2D eigenvalue weighted by Crippen LogP contribution is 2.38. The molecule has 0 aromatic carbocycles. The summed E-state index contributed by atoms with van der Waals surface area (Å²) in [4.78, 5) is 12.3. The van der Waals surface area contributed by atoms with Gasteiger partial charge in [0.05, 0.1) is 12.0 Å². The zero-order chi connectivity index (χ0) is 17.0. The van der Waals surface area contributed by atoms with Crippen LogP contribution < -0.4 is 0 Å². The third kappa shape index (κ3) is 4.44. The van der Waals surface area contributed by atoms with Crippen molar-refractivity contribution in [2.75, 3.05) is 6.61 Å². The molecule has 0 aromatic rings. The summed E-state index contributed by atoms with van der Waals surface area (Å²) < 4.78 is 5.39. The molecule has 1 fully saturated rings. The smallest absolute Gasteiger partial charge is 0.314 e. The molecule has 3 heteroatoms. The average Bonchev–Trinajstić information content (AvgIpc) is 2.55. The normalized spacial score (nSPS) is 33.7. The van der Waals surface area contributed by atoms with Crippen molar-refractivity contribution in [1.82, 2.24) is 0 Å². The Hall–Kier alpha value is -1.61. The van der Waals surface area contributed by atoms with Crippen molar-refractivity contribution in [3.63, 3.8) is 0 Å². The highest BCUT2D eigenvalue weighted by Gasteiger charge is 2.38. The quantitative estimate of drug-likeness (QED) is 0.619. The van der Waals surface area contributed by atoms with E-state index >= 15 is 0 Å². The fourth-order valence-corrected chi connectivity index (χ4v) is 3.20. The van der Waals surface area contributed by atoms with Gasteiger partial charge >= 0.3 is 5.97 Å². The van der Waals surface area contributed by atoms with Crippen LogP contribution in [0.2, 0.25) is 0 Å². The lowest BCUT2D eigenvalue weighted by molar-refractivity contribution is -0.150. The van der Waals surface area contributed by atoms with Crippen LogP contribution in [0.25, 0.3) is 0 Å². The fourth-order valence-electron chi connectivity index (χ4n) is 3.20. The molecule has 0 saturated carbocycles. The lowest BCUT2D eigenvalue weighted by Gasteiger charge is -2.33. The number of aliphatic hydroxyl groups excluding tert-OH is 1. The third-order valence-electron chi connectivity index (χ3n) is 4.72. The minimum atomic E-state index is -0.448. The van der Waals surface area contributed by atoms with Gasteiger partial charge in [-0.05, 0) is 43.3 Å². The van der Waals surface area contributed by atoms with Gasteiger partial charge in [0.25, 0.3) is 0 Å². The number of hydrogen-bond donors (Lipinski definition) is 1. The van der Waals surface area contributed by atoms with Crippen molar-refractivity contribution in [3.05, 3.63) is 47.6 Å². The van der Waals surface area contributed by atoms with Gasteiger partial charge in [-0.3, -0.25) is 4.79 Å². The maximum atomic E-state index is 12.3. The number of carbonyl (C=O) groups is 1. The van der Waals surface area contributed by atoms with Gasteiger partial charge in [-0.1, -0.05) is 50.3 Å². The molecule has 0 spiro atoms. The van der Waals surface area contributed by atoms with Crippen molar-refractivity contribution in [2.24, 2.45) is 17.8 Å². The lowest BCUT2D eigenvalue weighted by Crippen LogP contribution is -2.35. The summed E-state index contributed by atoms with van der Waals surface area (Å²) in [6, 6.07) is 0. The molecule has 0 amide bonds. The molecule has 0 unspecified atom stereocenters. The predicted octanol–water partition coefficient (Wildman–Crippen LogP) is 3.96. The topological polar surface area (TPSA) is 46.5 Å². The van der Waals surface area contributed by atoms with E-state index in [1.54, 1.807) is 0 Å². The summed E-state index contributed by atoms with van der Waals surface area (Å²) in [5, 5.41) is 10.1. The first-order chi connectivity index (χ1) is 10.9. The van der Waals surface area contributed by atoms with Gasteiger partial charge in [-0.2, -0.15) is 0 Å². The van der Waals surface area contributed by atoms with E-state index in [9.17, 15) is 9.90 Å². The number of fused-ring (bicyclic) bond motifs is 1. The Bertz CT molecular complexity index is 551. The number of ether oxygens (including phenoxy) is 1. The van der Waals surface area contributed by atoms with E-state index < -0.39 is 6.10 Å². The number of hydrogen-bond acceptors (Lipinski definition) is 3. The Balaban J connectivity index is 2.33. The van der Waals surface area contributed by atoms with E-state index in [4.69, 9.17) is 4.74 Å². The molecular formula is C20H28O3. The highest BCUT2D eigenvalue weighted by molar-refractivity contribution is 5.78. The van der Waals surface area contributed by atoms with Gasteiger partial charge in [-0.25, -0.2) is 0 Å². The summed E-state index contributed by atoms with van der Waals surface area (Å²) in [5.74, 6) is 0.103. The molecule has 0 aromatic heterocycles. The first-order valence-electron chi connectivity index (χ1n) is 8.46. The largest absolute Gasteiger partial charge is 0.461 e. The number of cyclic esters (lactones) is 1. The van der Waals surface area contributed by atoms with Crippen molar-refractivity contribution in [2.45, 2.75) is 46.1 Å². The molecule has 23 heavy (non-hydrogen) atoms. The number of esters is 1. The first kappa shape index (κ1) is 17.7. The van der Waals surface area contributed by atoms with E-state index in [1.165, 1.54) is 0 Å². The number of carbonyl (C=O) groups excluding carboxylic acids is 1. The van der Waals surface area contributed by atoms with Crippen LogP contribution in [-0.2, 0) is 9.53 Å². The standard InChI is InChI=1S/C20H28O3/c1-13(2)6-5-7-16-12-23-20(22)19-15(4)9-11-18(21)14(3)8-10-17(16)19/h5-8,13,17-19,21H,4,9-12H2,1-3H3/b6-5+,14-8+,16-7-/t17-,18+,19+/m1/s1. The van der Waals surface area contributed by atoms with Gasteiger partial charge < -0.3 is 9.84 Å². The van der Waals surface area contributed by atoms with Crippen LogP contribution in [0.15, 0.2) is 47.6 Å². The molecule has 2 rings (SSSR count). The van der Waals surface area contributed by atoms with E-state index in [2.05, 4.69) is 44.7 Å². The lowest BCUT2D eigenvalue weighted by atomic mass is 9.77. The van der Waals surface area contributed by atoms with Gasteiger partial charge in [0.1, 0.15) is 6.61 Å². The third-order valence-corrected chi connectivity index (χ3v) is 4.72. The molecule has 1 N–H and O–H groups in total. The molecule has 1 heterocycles. The molecule has 1 aliphatic carbocycles. The zero-order valence-corrected chi connectivity index (χ0v) is 14.4. The average molecular weight is 316 g/mol. The molecule has 126 valence electrons. The maximum Gasteiger partial charge on any atom is 0.314 e. The molecule has 3 nitrogen and oxygen atoms in total. The van der Waals surface area contributed by atoms with Crippen LogP contribution >= 0.6 is 0 Å². The SMILES string of the molecule is C=C1CC[C@H](O)/C(C)=C/C[C@@H]2/C(=C\C=C\C(C)C)COC(=O)[C@@H]12. The summed E-state index contributed by atoms with van der Waals surface area (Å²) >= 11 is 0. The van der Waals surface area contributed by atoms with Crippen LogP contribution in [0.5, 0.6) is 0 Å². The minimum absolute atomic E-state index is 0.0841. The van der Waals surface area contributed by atoms with E-state index in [-0.39, 0.29) is 17.8 Å². The molecule has 0 bridgehead atoms. The zero-order valence-electron chi connectivity index (χ0n) is 14.4. The molecule has 3 atom stereocenters. The maximum absolute atomic E-state index is 12.3. The molecule has 1 aliphatic heterocycles. The number of aliphatic hydroxyl groups is 1. The summed E-state index contributed by atoms with van der Waals surface area (Å²) in [6.45, 7) is 10.7. The van der Waals surface area contributed by atoms with Gasteiger partial charge in [0, 0.05) is 5.92 Å². The van der Waals surface area contributed by atoms with Crippen LogP contribution in [-0.4, -0.2) is 23.8 Å². The van der Waals surface area contributed by atoms with Crippen molar-refractivity contribution in [1.29, 1.82) is 0 Å². The monoisotopic (exact) mass is 316 g/mol. The summed E-state index contributed by atoms with van der Waals surface area (Å²) in [5.41, 5.74) is 2.99. The molecule has 1 saturated heterocycles. The van der Waals surface area contributed by atoms with Crippen LogP contribution in [0.1, 0.15) is 40.0 Å². The Morgan fingerprint density at radius 3 is 2.87 bits per heavy atom. The summed E-state index contributed by atoms with van der Waals surface area (Å²) in [6.07, 6.45) is 9.89. The first-order valence-corrected chi connectivity index (χ1v) is 8.46. The van der Waals surface area contributed by atoms with Crippen molar-refractivity contribution >= 4 is 5.97 Å². The number of rotatable bonds is 2. The Kier molecular flexibility index (Phi) is 6.00. The van der Waals surface area contributed by atoms with E-state index in [0.29, 0.717) is 25.4 Å². The van der Waals surface area contributed by atoms with Crippen LogP contribution in [0, 0.1) is 17.8 Å². The van der Waals surface area contributed by atoms with Crippen LogP contribution in [0.3, 0.4) is 0 Å². The second-order valence-electron chi connectivity index (χ2n) is 6.96. The van der Waals surface area contributed by atoms with E-state index in [1.807, 2.05) is 6.92 Å². The van der Waals surface area contributed by atoms with Crippen LogP contribution in [0.4, 0.5) is 0 Å². The van der Waals surface area contributed by atoms with Gasteiger partial charge in [-0.15, -0.1) is 0 Å². The van der Waals surface area contributed by atoms with Gasteiger partial charge in [0.15, 0.2) is 0 Å². The molecular weight excluding hydrogens is 288 g/mol. The Labute approximate surface area is 139 Å². The van der Waals surface area contributed by atoms with E-state index in [0.717, 1.165) is 23.1 Å². The minimum Gasteiger partial charge on any atom is -0.461 e.